The maximum Gasteiger partial charge on any atom is 0.416 e. The predicted molar refractivity (Wildman–Crippen MR) is 90.8 cm³/mol. The van der Waals surface area contributed by atoms with Gasteiger partial charge in [-0.05, 0) is 49.4 Å². The van der Waals surface area contributed by atoms with Gasteiger partial charge in [0.25, 0.3) is 5.91 Å². The number of amides is 1. The Morgan fingerprint density at radius 1 is 1.15 bits per heavy atom. The number of halogens is 4. The molecular weight excluding hydrogens is 373 g/mol. The fourth-order valence-electron chi connectivity index (χ4n) is 1.94. The number of carbonyl (C=O) groups excluding carboxylic acids is 2. The molecule has 2 rings (SSSR count). The van der Waals surface area contributed by atoms with Crippen molar-refractivity contribution in [2.45, 2.75) is 19.2 Å². The smallest absolute Gasteiger partial charge is 0.416 e. The van der Waals surface area contributed by atoms with Crippen molar-refractivity contribution >= 4 is 34.9 Å². The van der Waals surface area contributed by atoms with Crippen LogP contribution in [0.4, 0.5) is 24.5 Å². The molecule has 9 heteroatoms. The fraction of sp³-hybridized carbons (Fsp3) is 0.176. The summed E-state index contributed by atoms with van der Waals surface area (Å²) in [4.78, 5) is 24.0. The van der Waals surface area contributed by atoms with E-state index in [4.69, 9.17) is 22.1 Å². The van der Waals surface area contributed by atoms with Crippen molar-refractivity contribution in [3.05, 3.63) is 58.6 Å². The summed E-state index contributed by atoms with van der Waals surface area (Å²) in [6, 6.07) is 8.00. The van der Waals surface area contributed by atoms with E-state index in [1.165, 1.54) is 25.1 Å². The number of nitrogens with one attached hydrogen (secondary N) is 1. The molecule has 138 valence electrons. The number of benzene rings is 2. The number of esters is 1. The van der Waals surface area contributed by atoms with Gasteiger partial charge in [-0.1, -0.05) is 11.6 Å². The van der Waals surface area contributed by atoms with Gasteiger partial charge in [-0.25, -0.2) is 4.79 Å². The lowest BCUT2D eigenvalue weighted by Gasteiger charge is -2.14. The minimum Gasteiger partial charge on any atom is -0.449 e. The topological polar surface area (TPSA) is 81.4 Å². The molecule has 26 heavy (non-hydrogen) atoms. The molecule has 1 atom stereocenters. The molecule has 0 saturated carbocycles. The zero-order chi connectivity index (χ0) is 19.5. The summed E-state index contributed by atoms with van der Waals surface area (Å²) in [6.45, 7) is 1.33. The van der Waals surface area contributed by atoms with Gasteiger partial charge in [0.05, 0.1) is 21.8 Å². The first kappa shape index (κ1) is 19.6. The molecule has 0 spiro atoms. The molecule has 0 bridgehead atoms. The average Bonchev–Trinajstić information content (AvgIpc) is 2.56. The van der Waals surface area contributed by atoms with Gasteiger partial charge in [0, 0.05) is 5.69 Å². The molecule has 0 aliphatic heterocycles. The van der Waals surface area contributed by atoms with E-state index >= 15 is 0 Å². The fourth-order valence-corrected chi connectivity index (χ4v) is 2.06. The molecule has 1 unspecified atom stereocenters. The van der Waals surface area contributed by atoms with E-state index in [2.05, 4.69) is 5.32 Å². The van der Waals surface area contributed by atoms with Gasteiger partial charge in [0.2, 0.25) is 0 Å². The number of alkyl halides is 3. The molecule has 3 N–H and O–H groups in total. The largest absolute Gasteiger partial charge is 0.449 e. The van der Waals surface area contributed by atoms with Gasteiger partial charge in [-0.3, -0.25) is 4.79 Å². The number of nitrogens with two attached hydrogens (primary N) is 1. The number of rotatable bonds is 4. The second-order valence-corrected chi connectivity index (χ2v) is 5.76. The molecule has 1 amide bonds. The lowest BCUT2D eigenvalue weighted by molar-refractivity contribution is -0.137. The van der Waals surface area contributed by atoms with Crippen molar-refractivity contribution in [3.8, 4) is 0 Å². The molecule has 0 heterocycles. The number of nitrogen functional groups attached to an aromatic ring is 1. The van der Waals surface area contributed by atoms with Crippen molar-refractivity contribution in [2.24, 2.45) is 0 Å². The minimum absolute atomic E-state index is 0.112. The van der Waals surface area contributed by atoms with Crippen LogP contribution in [-0.4, -0.2) is 18.0 Å². The summed E-state index contributed by atoms with van der Waals surface area (Å²) in [5.41, 5.74) is 5.19. The van der Waals surface area contributed by atoms with Crippen LogP contribution < -0.4 is 11.1 Å². The van der Waals surface area contributed by atoms with Gasteiger partial charge in [0.15, 0.2) is 6.10 Å². The second kappa shape index (κ2) is 7.65. The Morgan fingerprint density at radius 3 is 2.31 bits per heavy atom. The molecule has 2 aromatic carbocycles. The second-order valence-electron chi connectivity index (χ2n) is 5.35. The zero-order valence-electron chi connectivity index (χ0n) is 13.4. The summed E-state index contributed by atoms with van der Waals surface area (Å²) in [5.74, 6) is -1.48. The Kier molecular flexibility index (Phi) is 5.76. The summed E-state index contributed by atoms with van der Waals surface area (Å²) in [6.07, 6.45) is -5.65. The van der Waals surface area contributed by atoms with Crippen LogP contribution in [0.3, 0.4) is 0 Å². The van der Waals surface area contributed by atoms with Gasteiger partial charge in [0.1, 0.15) is 0 Å². The summed E-state index contributed by atoms with van der Waals surface area (Å²) >= 11 is 5.76. The SMILES string of the molecule is CC(OC(=O)c1ccc(Cl)c(N)c1)C(=O)Nc1ccc(C(F)(F)F)cc1. The van der Waals surface area contributed by atoms with Crippen LogP contribution in [-0.2, 0) is 15.7 Å². The maximum atomic E-state index is 12.5. The Hall–Kier alpha value is -2.74. The van der Waals surface area contributed by atoms with E-state index in [9.17, 15) is 22.8 Å². The van der Waals surface area contributed by atoms with Crippen LogP contribution >= 0.6 is 11.6 Å². The van der Waals surface area contributed by atoms with Crippen LogP contribution in [0.25, 0.3) is 0 Å². The van der Waals surface area contributed by atoms with E-state index in [1.54, 1.807) is 0 Å². The zero-order valence-corrected chi connectivity index (χ0v) is 14.2. The van der Waals surface area contributed by atoms with Crippen molar-refractivity contribution in [1.29, 1.82) is 0 Å². The highest BCUT2D eigenvalue weighted by Gasteiger charge is 2.30. The molecule has 0 radical (unpaired) electrons. The maximum absolute atomic E-state index is 12.5. The third kappa shape index (κ3) is 4.89. The quantitative estimate of drug-likeness (QED) is 0.611. The molecule has 2 aromatic rings. The summed E-state index contributed by atoms with van der Waals surface area (Å²) < 4.78 is 42.5. The van der Waals surface area contributed by atoms with Crippen molar-refractivity contribution in [1.82, 2.24) is 0 Å². The lowest BCUT2D eigenvalue weighted by atomic mass is 10.2. The van der Waals surface area contributed by atoms with Crippen LogP contribution in [0.2, 0.25) is 5.02 Å². The Balaban J connectivity index is 1.98. The van der Waals surface area contributed by atoms with Crippen LogP contribution in [0.15, 0.2) is 42.5 Å². The van der Waals surface area contributed by atoms with Crippen molar-refractivity contribution in [2.75, 3.05) is 11.1 Å². The number of ether oxygens (including phenoxy) is 1. The van der Waals surface area contributed by atoms with E-state index in [0.29, 0.717) is 0 Å². The third-order valence-electron chi connectivity index (χ3n) is 3.36. The monoisotopic (exact) mass is 386 g/mol. The first-order valence-corrected chi connectivity index (χ1v) is 7.70. The summed E-state index contributed by atoms with van der Waals surface area (Å²) in [5, 5.41) is 2.64. The number of hydrogen-bond donors (Lipinski definition) is 2. The average molecular weight is 387 g/mol. The van der Waals surface area contributed by atoms with E-state index < -0.39 is 29.7 Å². The van der Waals surface area contributed by atoms with Crippen LogP contribution in [0.1, 0.15) is 22.8 Å². The molecule has 0 fully saturated rings. The van der Waals surface area contributed by atoms with E-state index in [0.717, 1.165) is 24.3 Å². The lowest BCUT2D eigenvalue weighted by Crippen LogP contribution is -2.30. The molecule has 5 nitrogen and oxygen atoms in total. The Labute approximate surface area is 151 Å². The van der Waals surface area contributed by atoms with Crippen LogP contribution in [0.5, 0.6) is 0 Å². The van der Waals surface area contributed by atoms with Gasteiger partial charge >= 0.3 is 12.1 Å². The summed E-state index contributed by atoms with van der Waals surface area (Å²) in [7, 11) is 0. The minimum atomic E-state index is -4.47. The molecule has 0 aromatic heterocycles. The number of hydrogen-bond acceptors (Lipinski definition) is 4. The molecule has 0 saturated heterocycles. The molecule has 0 aliphatic rings. The van der Waals surface area contributed by atoms with Crippen molar-refractivity contribution in [3.63, 3.8) is 0 Å². The van der Waals surface area contributed by atoms with Crippen LogP contribution in [0, 0.1) is 0 Å². The molecular formula is C17H14ClF3N2O3. The first-order chi connectivity index (χ1) is 12.1. The number of anilines is 2. The normalized spacial score (nSPS) is 12.3. The first-order valence-electron chi connectivity index (χ1n) is 7.32. The number of carbonyl (C=O) groups is 2. The van der Waals surface area contributed by atoms with Gasteiger partial charge in [-0.15, -0.1) is 0 Å². The highest BCUT2D eigenvalue weighted by atomic mass is 35.5. The Morgan fingerprint density at radius 2 is 1.77 bits per heavy atom. The van der Waals surface area contributed by atoms with Gasteiger partial charge < -0.3 is 15.8 Å². The van der Waals surface area contributed by atoms with E-state index in [-0.39, 0.29) is 22.0 Å². The predicted octanol–water partition coefficient (Wildman–Crippen LogP) is 4.13. The third-order valence-corrected chi connectivity index (χ3v) is 3.71. The van der Waals surface area contributed by atoms with E-state index in [1.807, 2.05) is 0 Å². The highest BCUT2D eigenvalue weighted by molar-refractivity contribution is 6.33. The highest BCUT2D eigenvalue weighted by Crippen LogP contribution is 2.29. The van der Waals surface area contributed by atoms with Crippen molar-refractivity contribution < 1.29 is 27.5 Å². The van der Waals surface area contributed by atoms with Gasteiger partial charge in [-0.2, -0.15) is 13.2 Å². The Bertz CT molecular complexity index is 823. The standard InChI is InChI=1S/C17H14ClF3N2O3/c1-9(26-16(25)10-2-7-13(18)14(22)8-10)15(24)23-12-5-3-11(4-6-12)17(19,20)21/h2-9H,22H2,1H3,(H,23,24). The molecule has 0 aliphatic carbocycles.